The maximum absolute atomic E-state index is 9.98. The number of fused-ring (bicyclic) bond motifs is 4. The molecule has 3 heterocycles. The van der Waals surface area contributed by atoms with E-state index >= 15 is 0 Å². The molecule has 136 valence electrons. The molecule has 0 spiro atoms. The molecule has 0 bridgehead atoms. The summed E-state index contributed by atoms with van der Waals surface area (Å²) in [5.41, 5.74) is 3.98. The highest BCUT2D eigenvalue weighted by atomic mass is 16.3. The van der Waals surface area contributed by atoms with Crippen molar-refractivity contribution >= 4 is 21.8 Å². The number of hydrogen-bond donors (Lipinski definition) is 1. The van der Waals surface area contributed by atoms with Gasteiger partial charge < -0.3 is 9.67 Å². The summed E-state index contributed by atoms with van der Waals surface area (Å²) in [6.07, 6.45) is 0.783. The van der Waals surface area contributed by atoms with Crippen LogP contribution in [0.25, 0.3) is 21.8 Å². The SMILES string of the molecule is C[C@H]1CN2C[C@H](O)CC2CN1Cc1ccc2c3ccccc3n(C)c2c1. The van der Waals surface area contributed by atoms with Gasteiger partial charge in [0.25, 0.3) is 0 Å². The molecule has 2 fully saturated rings. The van der Waals surface area contributed by atoms with Gasteiger partial charge in [-0.05, 0) is 31.0 Å². The summed E-state index contributed by atoms with van der Waals surface area (Å²) in [5, 5.41) is 12.6. The zero-order chi connectivity index (χ0) is 17.8. The third-order valence-corrected chi connectivity index (χ3v) is 6.44. The van der Waals surface area contributed by atoms with E-state index in [4.69, 9.17) is 0 Å². The highest BCUT2D eigenvalue weighted by Gasteiger charge is 2.37. The minimum atomic E-state index is -0.140. The molecule has 0 radical (unpaired) electrons. The van der Waals surface area contributed by atoms with Crippen LogP contribution in [0.1, 0.15) is 18.9 Å². The van der Waals surface area contributed by atoms with Crippen LogP contribution in [0.4, 0.5) is 0 Å². The van der Waals surface area contributed by atoms with E-state index in [1.165, 1.54) is 27.4 Å². The first kappa shape index (κ1) is 16.3. The fourth-order valence-corrected chi connectivity index (χ4v) is 5.04. The number of hydrogen-bond acceptors (Lipinski definition) is 3. The number of aromatic nitrogens is 1. The Morgan fingerprint density at radius 1 is 1.00 bits per heavy atom. The molecule has 0 aliphatic carbocycles. The van der Waals surface area contributed by atoms with Crippen LogP contribution in [0.3, 0.4) is 0 Å². The van der Waals surface area contributed by atoms with E-state index < -0.39 is 0 Å². The predicted molar refractivity (Wildman–Crippen MR) is 106 cm³/mol. The Balaban J connectivity index is 1.44. The first-order valence-corrected chi connectivity index (χ1v) is 9.72. The van der Waals surface area contributed by atoms with E-state index in [1.807, 2.05) is 0 Å². The Hall–Kier alpha value is -1.88. The van der Waals surface area contributed by atoms with Crippen molar-refractivity contribution in [3.05, 3.63) is 48.0 Å². The number of aliphatic hydroxyl groups excluding tert-OH is 1. The number of aryl methyl sites for hydroxylation is 1. The van der Waals surface area contributed by atoms with Crippen molar-refractivity contribution in [3.63, 3.8) is 0 Å². The van der Waals surface area contributed by atoms with Gasteiger partial charge in [-0.3, -0.25) is 9.80 Å². The van der Waals surface area contributed by atoms with E-state index in [9.17, 15) is 5.11 Å². The van der Waals surface area contributed by atoms with Crippen LogP contribution >= 0.6 is 0 Å². The molecule has 4 heteroatoms. The van der Waals surface area contributed by atoms with Gasteiger partial charge in [-0.25, -0.2) is 0 Å². The van der Waals surface area contributed by atoms with Crippen LogP contribution < -0.4 is 0 Å². The zero-order valence-corrected chi connectivity index (χ0v) is 15.6. The Bertz CT molecular complexity index is 963. The van der Waals surface area contributed by atoms with Crippen LogP contribution in [0.15, 0.2) is 42.5 Å². The fourth-order valence-electron chi connectivity index (χ4n) is 5.04. The maximum atomic E-state index is 9.98. The minimum absolute atomic E-state index is 0.140. The molecule has 26 heavy (non-hydrogen) atoms. The van der Waals surface area contributed by atoms with E-state index in [1.54, 1.807) is 0 Å². The first-order chi connectivity index (χ1) is 12.6. The maximum Gasteiger partial charge on any atom is 0.0682 e. The van der Waals surface area contributed by atoms with Gasteiger partial charge in [0.1, 0.15) is 0 Å². The second-order valence-electron chi connectivity index (χ2n) is 8.20. The molecule has 0 saturated carbocycles. The first-order valence-electron chi connectivity index (χ1n) is 9.72. The summed E-state index contributed by atoms with van der Waals surface area (Å²) < 4.78 is 2.31. The second kappa shape index (κ2) is 6.08. The van der Waals surface area contributed by atoms with Crippen LogP contribution in [-0.2, 0) is 13.6 Å². The summed E-state index contributed by atoms with van der Waals surface area (Å²) >= 11 is 0. The van der Waals surface area contributed by atoms with E-state index in [-0.39, 0.29) is 6.10 Å². The topological polar surface area (TPSA) is 31.6 Å². The van der Waals surface area contributed by atoms with Crippen LogP contribution in [-0.4, -0.2) is 57.3 Å². The van der Waals surface area contributed by atoms with Gasteiger partial charge in [0.2, 0.25) is 0 Å². The van der Waals surface area contributed by atoms with Gasteiger partial charge in [-0.2, -0.15) is 0 Å². The summed E-state index contributed by atoms with van der Waals surface area (Å²) in [7, 11) is 2.16. The predicted octanol–water partition coefficient (Wildman–Crippen LogP) is 2.97. The molecule has 2 saturated heterocycles. The van der Waals surface area contributed by atoms with Crippen LogP contribution in [0, 0.1) is 0 Å². The number of para-hydroxylation sites is 1. The van der Waals surface area contributed by atoms with Crippen molar-refractivity contribution in [2.75, 3.05) is 19.6 Å². The number of rotatable bonds is 2. The fraction of sp³-hybridized carbons (Fsp3) is 0.455. The summed E-state index contributed by atoms with van der Waals surface area (Å²) in [6.45, 7) is 6.28. The second-order valence-corrected chi connectivity index (χ2v) is 8.20. The molecule has 1 aromatic heterocycles. The zero-order valence-electron chi connectivity index (χ0n) is 15.6. The Labute approximate surface area is 154 Å². The molecule has 0 amide bonds. The van der Waals surface area contributed by atoms with Crippen molar-refractivity contribution in [2.24, 2.45) is 7.05 Å². The third kappa shape index (κ3) is 2.56. The molecule has 1 N–H and O–H groups in total. The molecular formula is C22H27N3O. The van der Waals surface area contributed by atoms with Crippen molar-refractivity contribution < 1.29 is 5.11 Å². The summed E-state index contributed by atoms with van der Waals surface area (Å²) in [5.74, 6) is 0. The van der Waals surface area contributed by atoms with Crippen LogP contribution in [0.5, 0.6) is 0 Å². The molecule has 1 unspecified atom stereocenters. The van der Waals surface area contributed by atoms with Crippen molar-refractivity contribution in [2.45, 2.75) is 38.1 Å². The lowest BCUT2D eigenvalue weighted by Gasteiger charge is -2.42. The lowest BCUT2D eigenvalue weighted by atomic mass is 10.1. The molecular weight excluding hydrogens is 322 g/mol. The van der Waals surface area contributed by atoms with Crippen molar-refractivity contribution in [3.8, 4) is 0 Å². The Morgan fingerprint density at radius 3 is 2.69 bits per heavy atom. The normalized spacial score (nSPS) is 27.4. The van der Waals surface area contributed by atoms with Gasteiger partial charge in [0, 0.05) is 67.1 Å². The highest BCUT2D eigenvalue weighted by Crippen LogP contribution is 2.30. The lowest BCUT2D eigenvalue weighted by molar-refractivity contribution is 0.0529. The molecule has 4 nitrogen and oxygen atoms in total. The summed E-state index contributed by atoms with van der Waals surface area (Å²) in [4.78, 5) is 5.06. The van der Waals surface area contributed by atoms with Crippen molar-refractivity contribution in [1.29, 1.82) is 0 Å². The Kier molecular flexibility index (Phi) is 3.82. The Morgan fingerprint density at radius 2 is 1.81 bits per heavy atom. The quantitative estimate of drug-likeness (QED) is 0.772. The lowest BCUT2D eigenvalue weighted by Crippen LogP contribution is -2.54. The number of benzene rings is 2. The summed E-state index contributed by atoms with van der Waals surface area (Å²) in [6, 6.07) is 16.6. The molecule has 2 aliphatic heterocycles. The largest absolute Gasteiger partial charge is 0.392 e. The number of nitrogens with zero attached hydrogens (tertiary/aromatic N) is 3. The van der Waals surface area contributed by atoms with Gasteiger partial charge in [0.05, 0.1) is 6.10 Å². The average Bonchev–Trinajstić information content (AvgIpc) is 3.13. The van der Waals surface area contributed by atoms with Gasteiger partial charge in [0.15, 0.2) is 0 Å². The molecule has 2 aromatic carbocycles. The molecule has 2 aliphatic rings. The smallest absolute Gasteiger partial charge is 0.0682 e. The highest BCUT2D eigenvalue weighted by molar-refractivity contribution is 6.08. The van der Waals surface area contributed by atoms with E-state index in [0.717, 1.165) is 32.6 Å². The average molecular weight is 349 g/mol. The van der Waals surface area contributed by atoms with Crippen molar-refractivity contribution in [1.82, 2.24) is 14.4 Å². The number of piperazine rings is 1. The minimum Gasteiger partial charge on any atom is -0.392 e. The number of aliphatic hydroxyl groups is 1. The van der Waals surface area contributed by atoms with Gasteiger partial charge in [-0.1, -0.05) is 30.3 Å². The van der Waals surface area contributed by atoms with E-state index in [2.05, 4.69) is 70.8 Å². The molecule has 3 atom stereocenters. The van der Waals surface area contributed by atoms with Gasteiger partial charge >= 0.3 is 0 Å². The monoisotopic (exact) mass is 349 g/mol. The standard InChI is InChI=1S/C22H27N3O/c1-15-11-25-14-18(26)10-17(25)13-24(15)12-16-7-8-20-19-5-3-4-6-21(19)23(2)22(20)9-16/h3-9,15,17-18,26H,10-14H2,1-2H3/t15-,17?,18+/m0/s1. The third-order valence-electron chi connectivity index (χ3n) is 6.44. The van der Waals surface area contributed by atoms with E-state index in [0.29, 0.717) is 12.1 Å². The molecule has 5 rings (SSSR count). The molecule has 3 aromatic rings. The van der Waals surface area contributed by atoms with Crippen LogP contribution in [0.2, 0.25) is 0 Å². The van der Waals surface area contributed by atoms with Gasteiger partial charge in [-0.15, -0.1) is 0 Å².